The van der Waals surface area contributed by atoms with Gasteiger partial charge in [-0.2, -0.15) is 4.98 Å². The Morgan fingerprint density at radius 1 is 1.25 bits per heavy atom. The van der Waals surface area contributed by atoms with Gasteiger partial charge in [0.25, 0.3) is 0 Å². The van der Waals surface area contributed by atoms with Crippen molar-refractivity contribution in [2.24, 2.45) is 4.99 Å². The summed E-state index contributed by atoms with van der Waals surface area (Å²) in [5.41, 5.74) is 2.96. The van der Waals surface area contributed by atoms with Crippen molar-refractivity contribution < 1.29 is 4.74 Å². The number of aromatic nitrogens is 2. The Bertz CT molecular complexity index is 898. The van der Waals surface area contributed by atoms with Crippen LogP contribution in [0.1, 0.15) is 24.2 Å². The zero-order valence-electron chi connectivity index (χ0n) is 16.8. The van der Waals surface area contributed by atoms with Gasteiger partial charge in [0, 0.05) is 43.1 Å². The summed E-state index contributed by atoms with van der Waals surface area (Å²) in [6.07, 6.45) is 0. The van der Waals surface area contributed by atoms with Crippen LogP contribution in [-0.4, -0.2) is 60.5 Å². The molecule has 0 radical (unpaired) electrons. The number of piperazine rings is 1. The van der Waals surface area contributed by atoms with Crippen molar-refractivity contribution >= 4 is 23.3 Å². The van der Waals surface area contributed by atoms with Crippen LogP contribution in [0.3, 0.4) is 0 Å². The highest BCUT2D eigenvalue weighted by molar-refractivity contribution is 5.87. The third kappa shape index (κ3) is 3.47. The van der Waals surface area contributed by atoms with Gasteiger partial charge in [0.05, 0.1) is 25.7 Å². The summed E-state index contributed by atoms with van der Waals surface area (Å²) in [5, 5.41) is 9.80. The zero-order chi connectivity index (χ0) is 19.7. The van der Waals surface area contributed by atoms with Gasteiger partial charge < -0.3 is 25.6 Å². The van der Waals surface area contributed by atoms with Gasteiger partial charge in [0.15, 0.2) is 0 Å². The lowest BCUT2D eigenvalue weighted by atomic mass is 9.98. The van der Waals surface area contributed by atoms with Gasteiger partial charge in [-0.15, -0.1) is 0 Å². The number of hydrogen-bond donors (Lipinski definition) is 3. The molecule has 0 spiro atoms. The first-order chi connectivity index (χ1) is 13.6. The molecule has 1 fully saturated rings. The molecule has 2 aliphatic heterocycles. The topological polar surface area (TPSA) is 86.7 Å². The van der Waals surface area contributed by atoms with Crippen LogP contribution in [0, 0.1) is 6.92 Å². The van der Waals surface area contributed by atoms with Crippen molar-refractivity contribution in [2.75, 3.05) is 44.4 Å². The number of rotatable bonds is 5. The van der Waals surface area contributed by atoms with Crippen LogP contribution in [0.5, 0.6) is 5.75 Å². The van der Waals surface area contributed by atoms with Crippen LogP contribution in [-0.2, 0) is 0 Å². The smallest absolute Gasteiger partial charge is 0.229 e. The molecule has 28 heavy (non-hydrogen) atoms. The van der Waals surface area contributed by atoms with Crippen molar-refractivity contribution in [3.63, 3.8) is 0 Å². The van der Waals surface area contributed by atoms with E-state index >= 15 is 0 Å². The molecule has 8 heteroatoms. The van der Waals surface area contributed by atoms with Crippen molar-refractivity contribution in [1.29, 1.82) is 0 Å². The Kier molecular flexibility index (Phi) is 5.04. The van der Waals surface area contributed by atoms with Gasteiger partial charge >= 0.3 is 0 Å². The quantitative estimate of drug-likeness (QED) is 0.733. The van der Waals surface area contributed by atoms with Crippen LogP contribution in [0.25, 0.3) is 0 Å². The van der Waals surface area contributed by atoms with Gasteiger partial charge in [0.1, 0.15) is 17.4 Å². The average Bonchev–Trinajstić information content (AvgIpc) is 3.03. The number of anilines is 3. The molecule has 1 aromatic carbocycles. The largest absolute Gasteiger partial charge is 0.496 e. The fraction of sp³-hybridized carbons (Fsp3) is 0.450. The summed E-state index contributed by atoms with van der Waals surface area (Å²) in [5.74, 6) is 3.36. The lowest BCUT2D eigenvalue weighted by Crippen LogP contribution is -2.47. The second-order valence-corrected chi connectivity index (χ2v) is 7.15. The van der Waals surface area contributed by atoms with Crippen LogP contribution in [0.4, 0.5) is 17.5 Å². The second-order valence-electron chi connectivity index (χ2n) is 7.15. The molecule has 3 heterocycles. The number of nitrogens with zero attached hydrogens (tertiary/aromatic N) is 4. The number of amidine groups is 1. The van der Waals surface area contributed by atoms with E-state index in [2.05, 4.69) is 43.8 Å². The van der Waals surface area contributed by atoms with E-state index in [9.17, 15) is 0 Å². The number of methoxy groups -OCH3 is 1. The van der Waals surface area contributed by atoms with E-state index in [1.807, 2.05) is 32.2 Å². The van der Waals surface area contributed by atoms with Crippen LogP contribution >= 0.6 is 0 Å². The SMILES string of the molecule is CNc1cc(C)nc(Nc2ccc(OC)c(C3C(C)N=C4CNCCN43)c2)n1. The second kappa shape index (κ2) is 7.63. The lowest BCUT2D eigenvalue weighted by Gasteiger charge is -2.34. The Morgan fingerprint density at radius 2 is 2.11 bits per heavy atom. The summed E-state index contributed by atoms with van der Waals surface area (Å²) in [6, 6.07) is 8.37. The molecule has 0 aliphatic carbocycles. The van der Waals surface area contributed by atoms with E-state index in [4.69, 9.17) is 9.73 Å². The molecule has 3 N–H and O–H groups in total. The summed E-state index contributed by atoms with van der Waals surface area (Å²) in [7, 11) is 3.57. The number of aryl methyl sites for hydroxylation is 1. The zero-order valence-corrected chi connectivity index (χ0v) is 16.8. The molecule has 1 aromatic heterocycles. The lowest BCUT2D eigenvalue weighted by molar-refractivity contribution is 0.289. The van der Waals surface area contributed by atoms with Gasteiger partial charge in [-0.05, 0) is 32.0 Å². The minimum absolute atomic E-state index is 0.167. The molecule has 1 saturated heterocycles. The molecule has 4 rings (SSSR count). The normalized spacial score (nSPS) is 21.1. The first-order valence-corrected chi connectivity index (χ1v) is 9.61. The minimum Gasteiger partial charge on any atom is -0.496 e. The Labute approximate surface area is 165 Å². The van der Waals surface area contributed by atoms with Crippen LogP contribution in [0.15, 0.2) is 29.3 Å². The number of ether oxygens (including phenoxy) is 1. The Hall–Kier alpha value is -2.87. The number of aliphatic imine (C=N–C) groups is 1. The standard InChI is InChI=1S/C20H27N7O/c1-12-9-17(21-3)26-20(23-12)25-14-5-6-16(28-4)15(10-14)19-13(2)24-18-11-22-7-8-27(18)19/h5-6,9-10,13,19,22H,7-8,11H2,1-4H3,(H2,21,23,25,26). The van der Waals surface area contributed by atoms with Gasteiger partial charge in [0.2, 0.25) is 5.95 Å². The average molecular weight is 381 g/mol. The van der Waals surface area contributed by atoms with Crippen molar-refractivity contribution in [3.8, 4) is 5.75 Å². The van der Waals surface area contributed by atoms with Gasteiger partial charge in [-0.25, -0.2) is 4.98 Å². The molecule has 0 saturated carbocycles. The van der Waals surface area contributed by atoms with E-state index < -0.39 is 0 Å². The highest BCUT2D eigenvalue weighted by Crippen LogP contribution is 2.39. The number of nitrogens with one attached hydrogen (secondary N) is 3. The molecular formula is C20H27N7O. The van der Waals surface area contributed by atoms with Gasteiger partial charge in [-0.3, -0.25) is 4.99 Å². The molecule has 0 amide bonds. The predicted molar refractivity (Wildman–Crippen MR) is 112 cm³/mol. The fourth-order valence-electron chi connectivity index (χ4n) is 3.97. The Balaban J connectivity index is 1.66. The first-order valence-electron chi connectivity index (χ1n) is 9.61. The van der Waals surface area contributed by atoms with E-state index in [1.165, 1.54) is 0 Å². The van der Waals surface area contributed by atoms with E-state index in [0.29, 0.717) is 5.95 Å². The molecule has 148 valence electrons. The highest BCUT2D eigenvalue weighted by atomic mass is 16.5. The molecule has 8 nitrogen and oxygen atoms in total. The summed E-state index contributed by atoms with van der Waals surface area (Å²) in [6.45, 7) is 6.85. The minimum atomic E-state index is 0.167. The third-order valence-electron chi connectivity index (χ3n) is 5.20. The molecule has 2 atom stereocenters. The monoisotopic (exact) mass is 381 g/mol. The van der Waals surface area contributed by atoms with Gasteiger partial charge in [-0.1, -0.05) is 0 Å². The number of hydrogen-bond acceptors (Lipinski definition) is 8. The highest BCUT2D eigenvalue weighted by Gasteiger charge is 2.37. The predicted octanol–water partition coefficient (Wildman–Crippen LogP) is 2.33. The van der Waals surface area contributed by atoms with Crippen LogP contribution in [0.2, 0.25) is 0 Å². The summed E-state index contributed by atoms with van der Waals surface area (Å²) in [4.78, 5) is 16.2. The fourth-order valence-corrected chi connectivity index (χ4v) is 3.97. The number of benzene rings is 1. The van der Waals surface area contributed by atoms with E-state index in [0.717, 1.165) is 54.0 Å². The molecule has 0 bridgehead atoms. The summed E-state index contributed by atoms with van der Waals surface area (Å²) < 4.78 is 5.68. The molecule has 2 aromatic rings. The van der Waals surface area contributed by atoms with Crippen LogP contribution < -0.4 is 20.7 Å². The van der Waals surface area contributed by atoms with E-state index in [-0.39, 0.29) is 12.1 Å². The maximum absolute atomic E-state index is 5.68. The van der Waals surface area contributed by atoms with Crippen molar-refractivity contribution in [1.82, 2.24) is 20.2 Å². The summed E-state index contributed by atoms with van der Waals surface area (Å²) >= 11 is 0. The van der Waals surface area contributed by atoms with Crippen molar-refractivity contribution in [3.05, 3.63) is 35.5 Å². The van der Waals surface area contributed by atoms with Crippen molar-refractivity contribution in [2.45, 2.75) is 25.9 Å². The van der Waals surface area contributed by atoms with E-state index in [1.54, 1.807) is 7.11 Å². The third-order valence-corrected chi connectivity index (χ3v) is 5.20. The number of fused-ring (bicyclic) bond motifs is 1. The first kappa shape index (κ1) is 18.5. The maximum Gasteiger partial charge on any atom is 0.229 e. The maximum atomic E-state index is 5.68. The molecule has 2 unspecified atom stereocenters. The molecular weight excluding hydrogens is 354 g/mol. The Morgan fingerprint density at radius 3 is 2.89 bits per heavy atom. The molecule has 2 aliphatic rings.